The normalized spacial score (nSPS) is 16.5. The zero-order chi connectivity index (χ0) is 27.4. The fraction of sp³-hybridized carbons (Fsp3) is 0.257. The van der Waals surface area contributed by atoms with E-state index in [1.54, 1.807) is 18.2 Å². The number of hydrogen-bond acceptors (Lipinski definition) is 2. The monoisotopic (exact) mass is 517 g/mol. The highest BCUT2D eigenvalue weighted by atomic mass is 16.4. The zero-order valence-electron chi connectivity index (χ0n) is 22.6. The van der Waals surface area contributed by atoms with Gasteiger partial charge in [-0.25, -0.2) is 4.79 Å². The average molecular weight is 518 g/mol. The predicted molar refractivity (Wildman–Crippen MR) is 156 cm³/mol. The van der Waals surface area contributed by atoms with E-state index in [0.717, 1.165) is 36.0 Å². The van der Waals surface area contributed by atoms with Crippen LogP contribution in [0.2, 0.25) is 0 Å². The number of carbonyl (C=O) groups excluding carboxylic acids is 1. The molecule has 0 unspecified atom stereocenters. The molecule has 0 aromatic heterocycles. The molecule has 0 fully saturated rings. The minimum absolute atomic E-state index is 0.0121. The van der Waals surface area contributed by atoms with Crippen LogP contribution in [-0.4, -0.2) is 27.9 Å². The van der Waals surface area contributed by atoms with Gasteiger partial charge in [0, 0.05) is 6.04 Å². The second-order valence-corrected chi connectivity index (χ2v) is 10.8. The molecule has 1 amide bonds. The van der Waals surface area contributed by atoms with Gasteiger partial charge in [0.05, 0.1) is 18.0 Å². The van der Waals surface area contributed by atoms with Gasteiger partial charge in [-0.15, -0.1) is 0 Å². The number of aromatic carboxylic acids is 1. The summed E-state index contributed by atoms with van der Waals surface area (Å²) in [7, 11) is 0. The zero-order valence-corrected chi connectivity index (χ0v) is 22.6. The van der Waals surface area contributed by atoms with Gasteiger partial charge in [0.25, 0.3) is 0 Å². The number of rotatable bonds is 8. The third kappa shape index (κ3) is 5.96. The molecule has 0 saturated heterocycles. The highest BCUT2D eigenvalue weighted by molar-refractivity contribution is 5.89. The van der Waals surface area contributed by atoms with E-state index in [1.165, 1.54) is 16.7 Å². The summed E-state index contributed by atoms with van der Waals surface area (Å²) in [6.07, 6.45) is 3.30. The third-order valence-electron chi connectivity index (χ3n) is 7.81. The van der Waals surface area contributed by atoms with Crippen LogP contribution in [0.1, 0.15) is 58.9 Å². The van der Waals surface area contributed by atoms with Crippen LogP contribution in [0.5, 0.6) is 0 Å². The Morgan fingerprint density at radius 2 is 1.49 bits per heavy atom. The molecular formula is C35H35NO3. The Morgan fingerprint density at radius 1 is 0.821 bits per heavy atom. The number of carbonyl (C=O) groups is 2. The van der Waals surface area contributed by atoms with Crippen molar-refractivity contribution < 1.29 is 14.7 Å². The standard InChI is InChI=1S/C35H35NO3/c1-24(2)36(33(37)22-26-12-8-14-28(21-26)29-15-9-16-31(23-29)35(38)39)34-30(20-25-10-4-3-5-11-25)19-18-27-13-6-7-17-32(27)34/h3-17,21,23-24,30,34H,18-20,22H2,1-2H3,(H,38,39)/t30-,34+/m1/s1. The first-order valence-corrected chi connectivity index (χ1v) is 13.8. The Balaban J connectivity index is 1.45. The molecule has 1 aliphatic rings. The molecule has 0 saturated carbocycles. The largest absolute Gasteiger partial charge is 0.478 e. The van der Waals surface area contributed by atoms with E-state index in [9.17, 15) is 14.7 Å². The number of benzene rings is 4. The van der Waals surface area contributed by atoms with E-state index in [1.807, 2.05) is 36.4 Å². The summed E-state index contributed by atoms with van der Waals surface area (Å²) in [6, 6.07) is 34.1. The van der Waals surface area contributed by atoms with Crippen molar-refractivity contribution in [2.75, 3.05) is 0 Å². The van der Waals surface area contributed by atoms with Crippen LogP contribution in [0.25, 0.3) is 11.1 Å². The highest BCUT2D eigenvalue weighted by Gasteiger charge is 2.37. The van der Waals surface area contributed by atoms with Gasteiger partial charge in [-0.05, 0) is 84.5 Å². The summed E-state index contributed by atoms with van der Waals surface area (Å²) in [5, 5.41) is 9.40. The smallest absolute Gasteiger partial charge is 0.335 e. The van der Waals surface area contributed by atoms with Crippen LogP contribution in [-0.2, 0) is 24.1 Å². The van der Waals surface area contributed by atoms with Gasteiger partial charge >= 0.3 is 5.97 Å². The molecule has 0 spiro atoms. The Bertz CT molecular complexity index is 1460. The molecule has 4 heteroatoms. The fourth-order valence-electron chi connectivity index (χ4n) is 6.03. The lowest BCUT2D eigenvalue weighted by Gasteiger charge is -2.43. The van der Waals surface area contributed by atoms with Gasteiger partial charge in [0.1, 0.15) is 0 Å². The number of carboxylic acids is 1. The van der Waals surface area contributed by atoms with Gasteiger partial charge in [-0.2, -0.15) is 0 Å². The number of fused-ring (bicyclic) bond motifs is 1. The second kappa shape index (κ2) is 11.7. The maximum atomic E-state index is 14.1. The van der Waals surface area contributed by atoms with Crippen LogP contribution in [0.4, 0.5) is 0 Å². The molecular weight excluding hydrogens is 482 g/mol. The highest BCUT2D eigenvalue weighted by Crippen LogP contribution is 2.41. The summed E-state index contributed by atoms with van der Waals surface area (Å²) < 4.78 is 0. The van der Waals surface area contributed by atoms with Crippen molar-refractivity contribution in [3.63, 3.8) is 0 Å². The number of hydrogen-bond donors (Lipinski definition) is 1. The maximum absolute atomic E-state index is 14.1. The molecule has 0 heterocycles. The van der Waals surface area contributed by atoms with E-state index in [0.29, 0.717) is 12.3 Å². The third-order valence-corrected chi connectivity index (χ3v) is 7.81. The van der Waals surface area contributed by atoms with Gasteiger partial charge in [0.15, 0.2) is 0 Å². The van der Waals surface area contributed by atoms with Crippen LogP contribution in [0.15, 0.2) is 103 Å². The quantitative estimate of drug-likeness (QED) is 0.265. The molecule has 4 aromatic rings. The van der Waals surface area contributed by atoms with E-state index in [2.05, 4.69) is 67.3 Å². The number of amides is 1. The molecule has 4 nitrogen and oxygen atoms in total. The molecule has 5 rings (SSSR count). The predicted octanol–water partition coefficient (Wildman–Crippen LogP) is 7.38. The van der Waals surface area contributed by atoms with Gasteiger partial charge in [-0.1, -0.05) is 91.0 Å². The average Bonchev–Trinajstić information content (AvgIpc) is 2.95. The van der Waals surface area contributed by atoms with Crippen molar-refractivity contribution in [3.8, 4) is 11.1 Å². The lowest BCUT2D eigenvalue weighted by molar-refractivity contribution is -0.136. The molecule has 0 aliphatic heterocycles. The molecule has 0 radical (unpaired) electrons. The first kappa shape index (κ1) is 26.4. The molecule has 4 aromatic carbocycles. The molecule has 1 aliphatic carbocycles. The van der Waals surface area contributed by atoms with E-state index < -0.39 is 5.97 Å². The van der Waals surface area contributed by atoms with E-state index in [4.69, 9.17) is 0 Å². The summed E-state index contributed by atoms with van der Waals surface area (Å²) in [6.45, 7) is 4.23. The topological polar surface area (TPSA) is 57.6 Å². The van der Waals surface area contributed by atoms with Crippen LogP contribution >= 0.6 is 0 Å². The van der Waals surface area contributed by atoms with Crippen molar-refractivity contribution in [2.24, 2.45) is 5.92 Å². The molecule has 1 N–H and O–H groups in total. The fourth-order valence-corrected chi connectivity index (χ4v) is 6.03. The van der Waals surface area contributed by atoms with Gasteiger partial charge in [0.2, 0.25) is 5.91 Å². The van der Waals surface area contributed by atoms with Crippen LogP contribution in [0, 0.1) is 5.92 Å². The Kier molecular flexibility index (Phi) is 7.92. The van der Waals surface area contributed by atoms with Crippen molar-refractivity contribution in [1.29, 1.82) is 0 Å². The summed E-state index contributed by atoms with van der Waals surface area (Å²) in [5.41, 5.74) is 6.82. The van der Waals surface area contributed by atoms with Crippen LogP contribution in [0.3, 0.4) is 0 Å². The second-order valence-electron chi connectivity index (χ2n) is 10.8. The van der Waals surface area contributed by atoms with Gasteiger partial charge < -0.3 is 10.0 Å². The number of aryl methyl sites for hydroxylation is 1. The summed E-state index contributed by atoms with van der Waals surface area (Å²) >= 11 is 0. The minimum Gasteiger partial charge on any atom is -0.478 e. The SMILES string of the molecule is CC(C)N(C(=O)Cc1cccc(-c2cccc(C(=O)O)c2)c1)[C@@H]1c2ccccc2CC[C@@H]1Cc1ccccc1. The Morgan fingerprint density at radius 3 is 2.23 bits per heavy atom. The summed E-state index contributed by atoms with van der Waals surface area (Å²) in [5.74, 6) is -0.506. The minimum atomic E-state index is -0.950. The van der Waals surface area contributed by atoms with Crippen molar-refractivity contribution >= 4 is 11.9 Å². The maximum Gasteiger partial charge on any atom is 0.335 e. The molecule has 0 bridgehead atoms. The van der Waals surface area contributed by atoms with E-state index in [-0.39, 0.29) is 23.6 Å². The first-order valence-electron chi connectivity index (χ1n) is 13.8. The lowest BCUT2D eigenvalue weighted by Crippen LogP contribution is -2.45. The number of carboxylic acid groups (broad SMARTS) is 1. The lowest BCUT2D eigenvalue weighted by atomic mass is 9.75. The molecule has 2 atom stereocenters. The Hall–Kier alpha value is -4.18. The first-order chi connectivity index (χ1) is 18.9. The van der Waals surface area contributed by atoms with Crippen molar-refractivity contribution in [2.45, 2.75) is 51.6 Å². The molecule has 198 valence electrons. The van der Waals surface area contributed by atoms with Crippen molar-refractivity contribution in [3.05, 3.63) is 131 Å². The van der Waals surface area contributed by atoms with Gasteiger partial charge in [-0.3, -0.25) is 4.79 Å². The Labute approximate surface area is 230 Å². The molecule has 39 heavy (non-hydrogen) atoms. The number of nitrogens with zero attached hydrogens (tertiary/aromatic N) is 1. The van der Waals surface area contributed by atoms with E-state index >= 15 is 0 Å². The summed E-state index contributed by atoms with van der Waals surface area (Å²) in [4.78, 5) is 27.7. The van der Waals surface area contributed by atoms with Crippen LogP contribution < -0.4 is 0 Å². The van der Waals surface area contributed by atoms with Crippen molar-refractivity contribution in [1.82, 2.24) is 4.90 Å².